The highest BCUT2D eigenvalue weighted by atomic mass is 19.1. The first kappa shape index (κ1) is 21.9. The van der Waals surface area contributed by atoms with Crippen LogP contribution in [0.2, 0.25) is 0 Å². The minimum Gasteiger partial charge on any atom is -0.480 e. The van der Waals surface area contributed by atoms with Gasteiger partial charge in [0.25, 0.3) is 5.91 Å². The molecule has 4 heterocycles. The summed E-state index contributed by atoms with van der Waals surface area (Å²) in [4.78, 5) is 27.4. The average molecular weight is 484 g/mol. The Hall–Kier alpha value is -4.60. The lowest BCUT2D eigenvalue weighted by molar-refractivity contribution is -0.132. The van der Waals surface area contributed by atoms with Crippen LogP contribution in [0.25, 0.3) is 32.9 Å². The molecule has 0 bridgehead atoms. The first-order valence-corrected chi connectivity index (χ1v) is 11.5. The van der Waals surface area contributed by atoms with E-state index in [0.29, 0.717) is 46.3 Å². The number of fused-ring (bicyclic) bond motifs is 2. The molecule has 3 aromatic heterocycles. The predicted molar refractivity (Wildman–Crippen MR) is 133 cm³/mol. The van der Waals surface area contributed by atoms with Gasteiger partial charge in [0.1, 0.15) is 17.9 Å². The lowest BCUT2D eigenvalue weighted by Gasteiger charge is -2.18. The van der Waals surface area contributed by atoms with Gasteiger partial charge < -0.3 is 15.0 Å². The van der Waals surface area contributed by atoms with E-state index in [4.69, 9.17) is 4.74 Å². The molecule has 36 heavy (non-hydrogen) atoms. The van der Waals surface area contributed by atoms with Gasteiger partial charge in [-0.05, 0) is 42.0 Å². The summed E-state index contributed by atoms with van der Waals surface area (Å²) in [7, 11) is 3.59. The van der Waals surface area contributed by atoms with Crippen molar-refractivity contribution in [2.45, 2.75) is 12.5 Å². The van der Waals surface area contributed by atoms with E-state index in [1.807, 2.05) is 25.4 Å². The van der Waals surface area contributed by atoms with Crippen LogP contribution >= 0.6 is 0 Å². The predicted octanol–water partition coefficient (Wildman–Crippen LogP) is 4.07. The van der Waals surface area contributed by atoms with Crippen molar-refractivity contribution in [3.63, 3.8) is 0 Å². The van der Waals surface area contributed by atoms with Gasteiger partial charge in [-0.15, -0.1) is 0 Å². The van der Waals surface area contributed by atoms with E-state index in [-0.39, 0.29) is 11.6 Å². The number of aromatic nitrogens is 5. The lowest BCUT2D eigenvalue weighted by Crippen LogP contribution is -2.29. The number of carbonyl (C=O) groups is 1. The maximum absolute atomic E-state index is 15.3. The number of hydrogen-bond acceptors (Lipinski definition) is 7. The van der Waals surface area contributed by atoms with Gasteiger partial charge in [-0.25, -0.2) is 14.4 Å². The number of rotatable bonds is 5. The Balaban J connectivity index is 1.49. The smallest absolute Gasteiger partial charge is 0.263 e. The van der Waals surface area contributed by atoms with Crippen LogP contribution in [0.1, 0.15) is 6.42 Å². The van der Waals surface area contributed by atoms with Gasteiger partial charge in [-0.3, -0.25) is 14.5 Å². The minimum absolute atomic E-state index is 0.0886. The summed E-state index contributed by atoms with van der Waals surface area (Å²) < 4.78 is 23.3. The highest BCUT2D eigenvalue weighted by Gasteiger charge is 2.32. The van der Waals surface area contributed by atoms with Gasteiger partial charge in [0.15, 0.2) is 11.9 Å². The van der Waals surface area contributed by atoms with Gasteiger partial charge in [0, 0.05) is 50.4 Å². The Labute approximate surface area is 205 Å². The topological polar surface area (TPSA) is 98.1 Å². The summed E-state index contributed by atoms with van der Waals surface area (Å²) in [5, 5.41) is 8.32. The fourth-order valence-electron chi connectivity index (χ4n) is 4.47. The molecule has 0 spiro atoms. The Morgan fingerprint density at radius 3 is 2.75 bits per heavy atom. The van der Waals surface area contributed by atoms with Crippen LogP contribution in [-0.4, -0.2) is 55.2 Å². The van der Waals surface area contributed by atoms with Crippen LogP contribution < -0.4 is 10.1 Å². The number of amides is 1. The number of carbonyl (C=O) groups excluding carboxylic acids is 1. The molecule has 180 valence electrons. The largest absolute Gasteiger partial charge is 0.480 e. The van der Waals surface area contributed by atoms with E-state index in [9.17, 15) is 4.79 Å². The van der Waals surface area contributed by atoms with Crippen molar-refractivity contribution in [1.29, 1.82) is 0 Å². The molecular formula is C26H22FN7O2. The molecular weight excluding hydrogens is 461 g/mol. The average Bonchev–Trinajstić information content (AvgIpc) is 3.46. The van der Waals surface area contributed by atoms with Crippen LogP contribution in [0.5, 0.6) is 5.75 Å². The van der Waals surface area contributed by atoms with E-state index < -0.39 is 11.9 Å². The van der Waals surface area contributed by atoms with Crippen molar-refractivity contribution in [2.75, 3.05) is 18.9 Å². The summed E-state index contributed by atoms with van der Waals surface area (Å²) in [6.45, 7) is 0.613. The number of aryl methyl sites for hydroxylation is 1. The van der Waals surface area contributed by atoms with Crippen molar-refractivity contribution < 1.29 is 13.9 Å². The third-order valence-electron chi connectivity index (χ3n) is 6.36. The number of nitrogens with one attached hydrogen (secondary N) is 1. The molecule has 1 N–H and O–H groups in total. The van der Waals surface area contributed by atoms with E-state index in [2.05, 4.69) is 25.4 Å². The fourth-order valence-corrected chi connectivity index (χ4v) is 4.47. The van der Waals surface area contributed by atoms with Crippen molar-refractivity contribution in [3.8, 4) is 16.9 Å². The molecule has 2 aromatic carbocycles. The number of hydrogen-bond donors (Lipinski definition) is 1. The van der Waals surface area contributed by atoms with Gasteiger partial charge >= 0.3 is 0 Å². The van der Waals surface area contributed by atoms with Crippen molar-refractivity contribution >= 4 is 39.2 Å². The highest BCUT2D eigenvalue weighted by molar-refractivity contribution is 5.99. The molecule has 1 saturated heterocycles. The number of nitrogens with zero attached hydrogens (tertiary/aromatic N) is 6. The molecule has 0 unspecified atom stereocenters. The zero-order valence-electron chi connectivity index (χ0n) is 19.6. The third kappa shape index (κ3) is 3.76. The van der Waals surface area contributed by atoms with E-state index in [1.165, 1.54) is 6.33 Å². The standard InChI is InChI=1S/C26H22FN7O2/c1-33-9-7-21(26(33)35)36-22-11-15(16-12-31-34(2)13-16)10-20-23(22)25(30-14-29-20)32-19-6-5-18-17(24(19)27)4-3-8-28-18/h3-6,8,10-14,21H,7,9H2,1-2H3,(H,29,30,32)/t21-/m0/s1. The second-order valence-electron chi connectivity index (χ2n) is 8.77. The van der Waals surface area contributed by atoms with Crippen LogP contribution in [0, 0.1) is 5.82 Å². The molecule has 1 aliphatic rings. The Morgan fingerprint density at radius 1 is 1.08 bits per heavy atom. The maximum atomic E-state index is 15.3. The van der Waals surface area contributed by atoms with Gasteiger partial charge in [0.05, 0.1) is 28.3 Å². The van der Waals surface area contributed by atoms with Crippen LogP contribution in [0.3, 0.4) is 0 Å². The van der Waals surface area contributed by atoms with Crippen molar-refractivity contribution in [3.05, 3.63) is 67.1 Å². The Bertz CT molecular complexity index is 1630. The quantitative estimate of drug-likeness (QED) is 0.402. The fraction of sp³-hybridized carbons (Fsp3) is 0.192. The molecule has 1 amide bonds. The second kappa shape index (κ2) is 8.56. The van der Waals surface area contributed by atoms with Crippen molar-refractivity contribution in [1.82, 2.24) is 29.6 Å². The summed E-state index contributed by atoms with van der Waals surface area (Å²) in [6.07, 6.45) is 6.61. The first-order valence-electron chi connectivity index (χ1n) is 11.5. The number of pyridine rings is 1. The number of benzene rings is 2. The number of ether oxygens (including phenoxy) is 1. The third-order valence-corrected chi connectivity index (χ3v) is 6.36. The Morgan fingerprint density at radius 2 is 1.97 bits per heavy atom. The molecule has 9 nitrogen and oxygen atoms in total. The molecule has 1 atom stereocenters. The molecule has 5 aromatic rings. The molecule has 10 heteroatoms. The van der Waals surface area contributed by atoms with Gasteiger partial charge in [-0.2, -0.15) is 5.10 Å². The minimum atomic E-state index is -0.626. The monoisotopic (exact) mass is 483 g/mol. The summed E-state index contributed by atoms with van der Waals surface area (Å²) >= 11 is 0. The summed E-state index contributed by atoms with van der Waals surface area (Å²) in [5.74, 6) is 0.281. The molecule has 6 rings (SSSR count). The van der Waals surface area contributed by atoms with Gasteiger partial charge in [0.2, 0.25) is 0 Å². The first-order chi connectivity index (χ1) is 17.5. The zero-order valence-corrected chi connectivity index (χ0v) is 19.6. The van der Waals surface area contributed by atoms with Crippen LogP contribution in [0.4, 0.5) is 15.9 Å². The van der Waals surface area contributed by atoms with Crippen LogP contribution in [0.15, 0.2) is 61.3 Å². The van der Waals surface area contributed by atoms with Gasteiger partial charge in [-0.1, -0.05) is 0 Å². The highest BCUT2D eigenvalue weighted by Crippen LogP contribution is 2.38. The molecule has 0 saturated carbocycles. The lowest BCUT2D eigenvalue weighted by atomic mass is 10.1. The van der Waals surface area contributed by atoms with Crippen molar-refractivity contribution in [2.24, 2.45) is 7.05 Å². The number of likely N-dealkylation sites (N-methyl/N-ethyl adjacent to an activating group) is 1. The summed E-state index contributed by atoms with van der Waals surface area (Å²) in [5.41, 5.74) is 3.10. The molecule has 0 radical (unpaired) electrons. The zero-order chi connectivity index (χ0) is 24.8. The number of halogens is 1. The molecule has 1 fully saturated rings. The molecule has 1 aliphatic heterocycles. The van der Waals surface area contributed by atoms with E-state index in [1.54, 1.807) is 53.3 Å². The number of anilines is 2. The second-order valence-corrected chi connectivity index (χ2v) is 8.77. The number of likely N-dealkylation sites (tertiary alicyclic amines) is 1. The maximum Gasteiger partial charge on any atom is 0.263 e. The normalized spacial score (nSPS) is 15.7. The Kier molecular flexibility index (Phi) is 5.21. The van der Waals surface area contributed by atoms with E-state index in [0.717, 1.165) is 11.1 Å². The molecule has 0 aliphatic carbocycles. The SMILES string of the molecule is CN1CC[C@H](Oc2cc(-c3cnn(C)c3)cc3ncnc(Nc4ccc5ncccc5c4F)c23)C1=O. The van der Waals surface area contributed by atoms with E-state index >= 15 is 4.39 Å². The van der Waals surface area contributed by atoms with Crippen LogP contribution in [-0.2, 0) is 11.8 Å². The summed E-state index contributed by atoms with van der Waals surface area (Å²) in [6, 6.07) is 10.5.